The number of ether oxygens (including phenoxy) is 1. The Balaban J connectivity index is 1.49. The van der Waals surface area contributed by atoms with Crippen molar-refractivity contribution in [3.63, 3.8) is 0 Å². The third-order valence-electron chi connectivity index (χ3n) is 8.87. The molecule has 0 heterocycles. The van der Waals surface area contributed by atoms with Crippen molar-refractivity contribution < 1.29 is 19.7 Å². The number of rotatable bonds is 7. The standard InChI is InChI=1S/C22H36O4/c1-4-22(2,3)21(25)26-18-10-12-9-17(18)20-16-11-15(19(12)20)13(5-7-23)14(16)6-8-24/h12-20,23-24H,4-11H2,1-3H3. The first-order chi connectivity index (χ1) is 12.4. The van der Waals surface area contributed by atoms with Crippen molar-refractivity contribution in [1.29, 1.82) is 0 Å². The van der Waals surface area contributed by atoms with Crippen LogP contribution >= 0.6 is 0 Å². The van der Waals surface area contributed by atoms with E-state index in [0.29, 0.717) is 35.5 Å². The van der Waals surface area contributed by atoms with Crippen LogP contribution in [0.4, 0.5) is 0 Å². The summed E-state index contributed by atoms with van der Waals surface area (Å²) < 4.78 is 6.06. The van der Waals surface area contributed by atoms with E-state index in [4.69, 9.17) is 4.74 Å². The van der Waals surface area contributed by atoms with Gasteiger partial charge in [0.05, 0.1) is 5.41 Å². The molecule has 0 radical (unpaired) electrons. The average molecular weight is 365 g/mol. The second-order valence-electron chi connectivity index (χ2n) is 10.1. The Morgan fingerprint density at radius 3 is 2.15 bits per heavy atom. The van der Waals surface area contributed by atoms with Gasteiger partial charge in [0.25, 0.3) is 0 Å². The first kappa shape index (κ1) is 18.7. The van der Waals surface area contributed by atoms with E-state index in [0.717, 1.165) is 37.5 Å². The molecular weight excluding hydrogens is 328 g/mol. The van der Waals surface area contributed by atoms with E-state index >= 15 is 0 Å². The maximum atomic E-state index is 12.6. The Bertz CT molecular complexity index is 544. The Morgan fingerprint density at radius 1 is 0.962 bits per heavy atom. The fourth-order valence-corrected chi connectivity index (χ4v) is 7.54. The molecule has 0 aromatic carbocycles. The summed E-state index contributed by atoms with van der Waals surface area (Å²) in [5, 5.41) is 19.1. The van der Waals surface area contributed by atoms with Gasteiger partial charge in [0.1, 0.15) is 6.10 Å². The van der Waals surface area contributed by atoms with Gasteiger partial charge in [0.15, 0.2) is 0 Å². The Kier molecular flexibility index (Phi) is 4.88. The molecular formula is C22H36O4. The molecule has 9 atom stereocenters. The van der Waals surface area contributed by atoms with Gasteiger partial charge in [-0.15, -0.1) is 0 Å². The highest BCUT2D eigenvalue weighted by Gasteiger charge is 2.67. The predicted octanol–water partition coefficient (Wildman–Crippen LogP) is 3.25. The predicted molar refractivity (Wildman–Crippen MR) is 99.1 cm³/mol. The highest BCUT2D eigenvalue weighted by atomic mass is 16.5. The number of carbonyl (C=O) groups is 1. The summed E-state index contributed by atoms with van der Waals surface area (Å²) in [7, 11) is 0. The lowest BCUT2D eigenvalue weighted by molar-refractivity contribution is -0.165. The summed E-state index contributed by atoms with van der Waals surface area (Å²) in [6, 6.07) is 0. The molecule has 4 aliphatic rings. The van der Waals surface area contributed by atoms with E-state index in [1.54, 1.807) is 0 Å². The van der Waals surface area contributed by atoms with Crippen molar-refractivity contribution in [1.82, 2.24) is 0 Å². The maximum absolute atomic E-state index is 12.6. The molecule has 0 saturated heterocycles. The molecule has 4 heteroatoms. The highest BCUT2D eigenvalue weighted by Crippen LogP contribution is 2.71. The number of hydrogen-bond donors (Lipinski definition) is 2. The number of esters is 1. The molecule has 9 unspecified atom stereocenters. The molecule has 0 aromatic rings. The molecule has 26 heavy (non-hydrogen) atoms. The van der Waals surface area contributed by atoms with Gasteiger partial charge in [-0.25, -0.2) is 0 Å². The van der Waals surface area contributed by atoms with E-state index in [2.05, 4.69) is 6.92 Å². The van der Waals surface area contributed by atoms with Crippen LogP contribution in [0.5, 0.6) is 0 Å². The van der Waals surface area contributed by atoms with Gasteiger partial charge in [0.2, 0.25) is 0 Å². The minimum absolute atomic E-state index is 0.0256. The first-order valence-corrected chi connectivity index (χ1v) is 10.9. The second kappa shape index (κ2) is 6.77. The molecule has 0 spiro atoms. The van der Waals surface area contributed by atoms with Crippen LogP contribution in [0.1, 0.15) is 59.3 Å². The normalized spacial score (nSPS) is 46.0. The Hall–Kier alpha value is -0.610. The first-order valence-electron chi connectivity index (χ1n) is 10.9. The molecule has 148 valence electrons. The van der Waals surface area contributed by atoms with E-state index in [1.165, 1.54) is 12.8 Å². The van der Waals surface area contributed by atoms with E-state index in [9.17, 15) is 15.0 Å². The largest absolute Gasteiger partial charge is 0.462 e. The molecule has 4 rings (SSSR count). The van der Waals surface area contributed by atoms with Crippen LogP contribution in [-0.2, 0) is 9.53 Å². The van der Waals surface area contributed by atoms with Gasteiger partial charge in [-0.1, -0.05) is 6.92 Å². The highest BCUT2D eigenvalue weighted by molar-refractivity contribution is 5.76. The summed E-state index contributed by atoms with van der Waals surface area (Å²) in [5.41, 5.74) is -0.387. The van der Waals surface area contributed by atoms with Crippen LogP contribution in [0.15, 0.2) is 0 Å². The van der Waals surface area contributed by atoms with Crippen LogP contribution in [-0.4, -0.2) is 35.5 Å². The zero-order valence-corrected chi connectivity index (χ0v) is 16.6. The molecule has 4 fully saturated rings. The zero-order chi connectivity index (χ0) is 18.6. The van der Waals surface area contributed by atoms with Gasteiger partial charge in [-0.2, -0.15) is 0 Å². The number of fused-ring (bicyclic) bond motifs is 9. The van der Waals surface area contributed by atoms with E-state index < -0.39 is 0 Å². The van der Waals surface area contributed by atoms with E-state index in [1.807, 2.05) is 13.8 Å². The molecule has 4 nitrogen and oxygen atoms in total. The fourth-order valence-electron chi connectivity index (χ4n) is 7.54. The minimum Gasteiger partial charge on any atom is -0.462 e. The Labute approximate surface area is 157 Å². The van der Waals surface area contributed by atoms with Crippen molar-refractivity contribution in [2.45, 2.75) is 65.4 Å². The Morgan fingerprint density at radius 2 is 1.58 bits per heavy atom. The lowest BCUT2D eigenvalue weighted by atomic mass is 9.61. The smallest absolute Gasteiger partial charge is 0.311 e. The van der Waals surface area contributed by atoms with Crippen molar-refractivity contribution in [3.05, 3.63) is 0 Å². The number of aliphatic hydroxyl groups is 2. The number of aliphatic hydroxyl groups excluding tert-OH is 2. The molecule has 4 aliphatic carbocycles. The van der Waals surface area contributed by atoms with Gasteiger partial charge in [0, 0.05) is 13.2 Å². The summed E-state index contributed by atoms with van der Waals surface area (Å²) in [5.74, 6) is 5.24. The lowest BCUT2D eigenvalue weighted by Gasteiger charge is -2.45. The number of carbonyl (C=O) groups excluding carboxylic acids is 1. The molecule has 0 amide bonds. The molecule has 0 aromatic heterocycles. The average Bonchev–Trinajstić information content (AvgIpc) is 3.34. The van der Waals surface area contributed by atoms with Crippen molar-refractivity contribution in [3.8, 4) is 0 Å². The summed E-state index contributed by atoms with van der Waals surface area (Å²) in [4.78, 5) is 12.6. The van der Waals surface area contributed by atoms with Gasteiger partial charge in [-0.05, 0) is 99.7 Å². The van der Waals surface area contributed by atoms with Crippen LogP contribution in [0.3, 0.4) is 0 Å². The summed E-state index contributed by atoms with van der Waals surface area (Å²) >= 11 is 0. The molecule has 4 bridgehead atoms. The quantitative estimate of drug-likeness (QED) is 0.537. The summed E-state index contributed by atoms with van der Waals surface area (Å²) in [6.45, 7) is 6.55. The monoisotopic (exact) mass is 364 g/mol. The molecule has 4 saturated carbocycles. The zero-order valence-electron chi connectivity index (χ0n) is 16.6. The van der Waals surface area contributed by atoms with Crippen molar-refractivity contribution in [2.24, 2.45) is 52.8 Å². The minimum atomic E-state index is -0.387. The topological polar surface area (TPSA) is 66.8 Å². The fraction of sp³-hybridized carbons (Fsp3) is 0.955. The van der Waals surface area contributed by atoms with Crippen molar-refractivity contribution in [2.75, 3.05) is 13.2 Å². The van der Waals surface area contributed by atoms with Crippen molar-refractivity contribution >= 4 is 5.97 Å². The lowest BCUT2D eigenvalue weighted by Crippen LogP contribution is -2.44. The maximum Gasteiger partial charge on any atom is 0.311 e. The second-order valence-corrected chi connectivity index (χ2v) is 10.1. The molecule has 2 N–H and O–H groups in total. The SMILES string of the molecule is CCC(C)(C)C(=O)OC1CC2CC1C1C3CC(C(CCO)C3CCO)C21. The third kappa shape index (κ3) is 2.66. The van der Waals surface area contributed by atoms with Crippen LogP contribution in [0, 0.1) is 52.8 Å². The van der Waals surface area contributed by atoms with Gasteiger partial charge in [-0.3, -0.25) is 4.79 Å². The van der Waals surface area contributed by atoms with Gasteiger partial charge >= 0.3 is 5.97 Å². The van der Waals surface area contributed by atoms with E-state index in [-0.39, 0.29) is 30.7 Å². The van der Waals surface area contributed by atoms with Crippen LogP contribution in [0.2, 0.25) is 0 Å². The van der Waals surface area contributed by atoms with Crippen LogP contribution < -0.4 is 0 Å². The summed E-state index contributed by atoms with van der Waals surface area (Å²) in [6.07, 6.45) is 6.26. The molecule has 0 aliphatic heterocycles. The van der Waals surface area contributed by atoms with Gasteiger partial charge < -0.3 is 14.9 Å². The number of hydrogen-bond acceptors (Lipinski definition) is 4. The van der Waals surface area contributed by atoms with Crippen LogP contribution in [0.25, 0.3) is 0 Å². The third-order valence-corrected chi connectivity index (χ3v) is 8.87.